The summed E-state index contributed by atoms with van der Waals surface area (Å²) in [6.07, 6.45) is -3.63. The number of amides is 1. The first-order valence-electron chi connectivity index (χ1n) is 7.50. The highest BCUT2D eigenvalue weighted by molar-refractivity contribution is 7.14. The molecule has 1 amide bonds. The minimum atomic E-state index is -4.84. The van der Waals surface area contributed by atoms with Crippen molar-refractivity contribution in [1.29, 1.82) is 0 Å². The van der Waals surface area contributed by atoms with Gasteiger partial charge in [0.2, 0.25) is 0 Å². The highest BCUT2D eigenvalue weighted by atomic mass is 32.1. The molecule has 1 aliphatic carbocycles. The molecule has 0 aromatic carbocycles. The second kappa shape index (κ2) is 5.81. The molecule has 1 atom stereocenters. The molecule has 2 heterocycles. The van der Waals surface area contributed by atoms with Crippen LogP contribution in [0, 0.1) is 0 Å². The number of ketones is 1. The average Bonchev–Trinajstić information content (AvgIpc) is 2.97. The Hall–Kier alpha value is -1.57. The Balaban J connectivity index is 1.89. The zero-order valence-electron chi connectivity index (χ0n) is 12.5. The fourth-order valence-corrected chi connectivity index (χ4v) is 4.75. The van der Waals surface area contributed by atoms with E-state index in [-0.39, 0.29) is 23.5 Å². The van der Waals surface area contributed by atoms with E-state index in [1.807, 2.05) is 0 Å². The van der Waals surface area contributed by atoms with Crippen LogP contribution in [0.5, 0.6) is 0 Å². The summed E-state index contributed by atoms with van der Waals surface area (Å²) in [6, 6.07) is 0. The summed E-state index contributed by atoms with van der Waals surface area (Å²) >= 11 is 0.944. The summed E-state index contributed by atoms with van der Waals surface area (Å²) in [7, 11) is 0. The van der Waals surface area contributed by atoms with Crippen LogP contribution >= 0.6 is 11.3 Å². The molecular weight excluding hydrogens is 331 g/mol. The lowest BCUT2D eigenvalue weighted by Gasteiger charge is -2.22. The molecule has 0 bridgehead atoms. The maximum absolute atomic E-state index is 12.7. The third kappa shape index (κ3) is 2.84. The van der Waals surface area contributed by atoms with Gasteiger partial charge >= 0.3 is 12.3 Å². The number of nitrogens with zero attached hydrogens (tertiary/aromatic N) is 1. The van der Waals surface area contributed by atoms with E-state index in [1.54, 1.807) is 11.8 Å². The number of rotatable bonds is 2. The van der Waals surface area contributed by atoms with E-state index in [2.05, 4.69) is 0 Å². The predicted octanol–water partition coefficient (Wildman–Crippen LogP) is 3.54. The number of Topliss-reactive ketones (excluding diaryl/α,β-unsaturated/α-hetero) is 1. The van der Waals surface area contributed by atoms with Crippen LogP contribution in [0.2, 0.25) is 0 Å². The van der Waals surface area contributed by atoms with E-state index in [9.17, 15) is 22.8 Å². The van der Waals surface area contributed by atoms with Crippen LogP contribution in [-0.4, -0.2) is 42.6 Å². The summed E-state index contributed by atoms with van der Waals surface area (Å²) in [5.74, 6) is -1.74. The van der Waals surface area contributed by atoms with Gasteiger partial charge in [-0.25, -0.2) is 4.79 Å². The Morgan fingerprint density at radius 3 is 2.74 bits per heavy atom. The Bertz CT molecular complexity index is 653. The summed E-state index contributed by atoms with van der Waals surface area (Å²) in [5.41, 5.74) is 1.41. The molecule has 23 heavy (non-hydrogen) atoms. The van der Waals surface area contributed by atoms with Crippen LogP contribution in [-0.2, 0) is 17.6 Å². The molecule has 0 saturated carbocycles. The third-order valence-electron chi connectivity index (χ3n) is 4.32. The monoisotopic (exact) mass is 347 g/mol. The van der Waals surface area contributed by atoms with Gasteiger partial charge in [0.1, 0.15) is 0 Å². The van der Waals surface area contributed by atoms with E-state index < -0.39 is 12.0 Å². The van der Waals surface area contributed by atoms with Crippen molar-refractivity contribution in [2.75, 3.05) is 19.7 Å². The average molecular weight is 347 g/mol. The minimum Gasteiger partial charge on any atom is -0.450 e. The highest BCUT2D eigenvalue weighted by Gasteiger charge is 2.45. The molecule has 0 fully saturated rings. The van der Waals surface area contributed by atoms with Crippen molar-refractivity contribution in [1.82, 2.24) is 4.90 Å². The number of thiophene rings is 1. The molecule has 0 radical (unpaired) electrons. The van der Waals surface area contributed by atoms with Crippen molar-refractivity contribution >= 4 is 23.2 Å². The van der Waals surface area contributed by atoms with E-state index in [4.69, 9.17) is 4.74 Å². The fourth-order valence-electron chi connectivity index (χ4n) is 3.37. The van der Waals surface area contributed by atoms with Gasteiger partial charge in [-0.1, -0.05) is 0 Å². The molecule has 8 heteroatoms. The summed E-state index contributed by atoms with van der Waals surface area (Å²) < 4.78 is 43.3. The van der Waals surface area contributed by atoms with Crippen LogP contribution in [0.15, 0.2) is 0 Å². The second-order valence-electron chi connectivity index (χ2n) is 5.70. The normalized spacial score (nSPS) is 20.2. The maximum atomic E-state index is 12.7. The predicted molar refractivity (Wildman–Crippen MR) is 78.1 cm³/mol. The number of carbonyl (C=O) groups excluding carboxylic acids is 2. The SMILES string of the molecule is CCOC(=O)N1CCc2sc(C(=O)C(F)(F)F)c3c2C(CC3)C1. The largest absolute Gasteiger partial charge is 0.455 e. The van der Waals surface area contributed by atoms with Crippen LogP contribution in [0.4, 0.5) is 18.0 Å². The van der Waals surface area contributed by atoms with E-state index in [0.29, 0.717) is 37.9 Å². The van der Waals surface area contributed by atoms with Crippen molar-refractivity contribution in [2.24, 2.45) is 0 Å². The van der Waals surface area contributed by atoms with Gasteiger partial charge in [-0.05, 0) is 37.3 Å². The third-order valence-corrected chi connectivity index (χ3v) is 5.62. The van der Waals surface area contributed by atoms with Crippen LogP contribution in [0.3, 0.4) is 0 Å². The Morgan fingerprint density at radius 2 is 2.09 bits per heavy atom. The molecule has 1 aromatic heterocycles. The second-order valence-corrected chi connectivity index (χ2v) is 6.81. The zero-order valence-corrected chi connectivity index (χ0v) is 13.4. The fraction of sp³-hybridized carbons (Fsp3) is 0.600. The molecular formula is C15H16F3NO3S. The molecule has 4 nitrogen and oxygen atoms in total. The smallest absolute Gasteiger partial charge is 0.450 e. The van der Waals surface area contributed by atoms with Crippen LogP contribution in [0.25, 0.3) is 0 Å². The number of alkyl halides is 3. The van der Waals surface area contributed by atoms with E-state index >= 15 is 0 Å². The van der Waals surface area contributed by atoms with Crippen molar-refractivity contribution in [3.05, 3.63) is 20.9 Å². The first kappa shape index (κ1) is 16.3. The first-order chi connectivity index (χ1) is 10.8. The van der Waals surface area contributed by atoms with Gasteiger partial charge in [-0.3, -0.25) is 4.79 Å². The van der Waals surface area contributed by atoms with Gasteiger partial charge in [-0.15, -0.1) is 11.3 Å². The van der Waals surface area contributed by atoms with E-state index in [0.717, 1.165) is 21.8 Å². The molecule has 2 aliphatic rings. The molecule has 0 N–H and O–H groups in total. The summed E-state index contributed by atoms with van der Waals surface area (Å²) in [4.78, 5) is 25.8. The van der Waals surface area contributed by atoms with Crippen LogP contribution < -0.4 is 0 Å². The number of hydrogen-bond acceptors (Lipinski definition) is 4. The van der Waals surface area contributed by atoms with Gasteiger partial charge in [0, 0.05) is 23.9 Å². The van der Waals surface area contributed by atoms with Gasteiger partial charge < -0.3 is 9.64 Å². The number of hydrogen-bond donors (Lipinski definition) is 0. The van der Waals surface area contributed by atoms with Gasteiger partial charge in [-0.2, -0.15) is 13.2 Å². The van der Waals surface area contributed by atoms with Crippen molar-refractivity contribution < 1.29 is 27.5 Å². The van der Waals surface area contributed by atoms with Crippen molar-refractivity contribution in [2.45, 2.75) is 38.3 Å². The molecule has 3 rings (SSSR count). The quantitative estimate of drug-likeness (QED) is 0.769. The van der Waals surface area contributed by atoms with Crippen molar-refractivity contribution in [3.8, 4) is 0 Å². The minimum absolute atomic E-state index is 0.00191. The summed E-state index contributed by atoms with van der Waals surface area (Å²) in [5, 5.41) is 0. The lowest BCUT2D eigenvalue weighted by Crippen LogP contribution is -2.34. The number of ether oxygens (including phenoxy) is 1. The Labute approximate surface area is 135 Å². The van der Waals surface area contributed by atoms with Gasteiger partial charge in [0.15, 0.2) is 0 Å². The molecule has 1 aromatic rings. The number of halogens is 3. The molecule has 1 unspecified atom stereocenters. The molecule has 0 spiro atoms. The zero-order chi connectivity index (χ0) is 16.8. The lowest BCUT2D eigenvalue weighted by molar-refractivity contribution is -0.0883. The van der Waals surface area contributed by atoms with Crippen molar-refractivity contribution in [3.63, 3.8) is 0 Å². The molecule has 1 aliphatic heterocycles. The van der Waals surface area contributed by atoms with Crippen LogP contribution in [0.1, 0.15) is 44.9 Å². The Morgan fingerprint density at radius 1 is 1.35 bits per heavy atom. The maximum Gasteiger partial charge on any atom is 0.455 e. The molecule has 0 saturated heterocycles. The first-order valence-corrected chi connectivity index (χ1v) is 8.32. The molecule has 126 valence electrons. The lowest BCUT2D eigenvalue weighted by atomic mass is 10.0. The van der Waals surface area contributed by atoms with Gasteiger partial charge in [0.05, 0.1) is 11.5 Å². The standard InChI is InChI=1S/C15H16F3NO3S/c1-2-22-14(21)19-6-5-10-11-8(7-19)3-4-9(11)12(23-10)13(20)15(16,17)18/h8H,2-7H2,1H3. The topological polar surface area (TPSA) is 46.6 Å². The van der Waals surface area contributed by atoms with Gasteiger partial charge in [0.25, 0.3) is 5.78 Å². The number of carbonyl (C=O) groups is 2. The summed E-state index contributed by atoms with van der Waals surface area (Å²) in [6.45, 7) is 2.86. The highest BCUT2D eigenvalue weighted by Crippen LogP contribution is 2.46. The Kier molecular flexibility index (Phi) is 4.12. The van der Waals surface area contributed by atoms with E-state index in [1.165, 1.54) is 0 Å².